The second-order valence-electron chi connectivity index (χ2n) is 4.39. The second-order valence-corrected chi connectivity index (χ2v) is 5.82. The van der Waals surface area contributed by atoms with E-state index in [1.165, 1.54) is 12.1 Å². The van der Waals surface area contributed by atoms with Crippen LogP contribution in [-0.4, -0.2) is 19.5 Å². The maximum Gasteiger partial charge on any atom is 0.294 e. The van der Waals surface area contributed by atoms with Crippen LogP contribution in [0.5, 0.6) is 0 Å². The zero-order chi connectivity index (χ0) is 14.6. The third-order valence-electron chi connectivity index (χ3n) is 3.02. The summed E-state index contributed by atoms with van der Waals surface area (Å²) in [4.78, 5) is 2.03. The molecule has 5 heteroatoms. The van der Waals surface area contributed by atoms with Gasteiger partial charge in [0, 0.05) is 18.8 Å². The van der Waals surface area contributed by atoms with Crippen molar-refractivity contribution in [2.75, 3.05) is 11.4 Å². The smallest absolute Gasteiger partial charge is 0.294 e. The first-order chi connectivity index (χ1) is 9.50. The van der Waals surface area contributed by atoms with Crippen molar-refractivity contribution >= 4 is 15.8 Å². The maximum atomic E-state index is 11.1. The Balaban J connectivity index is 2.25. The molecular formula is C15H16NO3S. The van der Waals surface area contributed by atoms with E-state index >= 15 is 0 Å². The van der Waals surface area contributed by atoms with Gasteiger partial charge in [0.05, 0.1) is 4.90 Å². The van der Waals surface area contributed by atoms with Gasteiger partial charge in [-0.05, 0) is 42.8 Å². The van der Waals surface area contributed by atoms with Gasteiger partial charge in [-0.2, -0.15) is 8.42 Å². The second kappa shape index (κ2) is 6.07. The zero-order valence-electron chi connectivity index (χ0n) is 11.2. The SMILES string of the molecule is CCN(Cc1cccc(S(=O)(=O)O)c1)c1cc[c]cc1. The Morgan fingerprint density at radius 3 is 2.50 bits per heavy atom. The Hall–Kier alpha value is -1.85. The van der Waals surface area contributed by atoms with E-state index in [1.807, 2.05) is 37.3 Å². The molecule has 0 heterocycles. The van der Waals surface area contributed by atoms with Crippen molar-refractivity contribution in [2.45, 2.75) is 18.4 Å². The molecule has 1 radical (unpaired) electrons. The highest BCUT2D eigenvalue weighted by Crippen LogP contribution is 2.18. The Bertz CT molecular complexity index is 669. The molecule has 0 atom stereocenters. The van der Waals surface area contributed by atoms with E-state index in [0.717, 1.165) is 17.8 Å². The molecule has 0 aromatic heterocycles. The first kappa shape index (κ1) is 14.6. The first-order valence-corrected chi connectivity index (χ1v) is 7.72. The third kappa shape index (κ3) is 3.59. The molecule has 2 rings (SSSR count). The van der Waals surface area contributed by atoms with Crippen molar-refractivity contribution < 1.29 is 13.0 Å². The fourth-order valence-corrected chi connectivity index (χ4v) is 2.55. The summed E-state index contributed by atoms with van der Waals surface area (Å²) < 4.78 is 31.4. The molecule has 4 nitrogen and oxygen atoms in total. The monoisotopic (exact) mass is 290 g/mol. The van der Waals surface area contributed by atoms with Crippen molar-refractivity contribution in [1.29, 1.82) is 0 Å². The third-order valence-corrected chi connectivity index (χ3v) is 3.87. The highest BCUT2D eigenvalue weighted by Gasteiger charge is 2.11. The van der Waals surface area contributed by atoms with Crippen molar-refractivity contribution in [3.05, 3.63) is 60.2 Å². The van der Waals surface area contributed by atoms with Crippen LogP contribution in [0.3, 0.4) is 0 Å². The van der Waals surface area contributed by atoms with Crippen molar-refractivity contribution in [3.8, 4) is 0 Å². The van der Waals surface area contributed by atoms with Crippen LogP contribution in [0.15, 0.2) is 53.4 Å². The Morgan fingerprint density at radius 2 is 1.90 bits per heavy atom. The predicted molar refractivity (Wildman–Crippen MR) is 78.3 cm³/mol. The van der Waals surface area contributed by atoms with Gasteiger partial charge in [0.15, 0.2) is 0 Å². The van der Waals surface area contributed by atoms with Crippen molar-refractivity contribution in [1.82, 2.24) is 0 Å². The van der Waals surface area contributed by atoms with Gasteiger partial charge in [0.2, 0.25) is 0 Å². The van der Waals surface area contributed by atoms with Crippen LogP contribution in [0.25, 0.3) is 0 Å². The first-order valence-electron chi connectivity index (χ1n) is 6.28. The van der Waals surface area contributed by atoms with Gasteiger partial charge in [-0.25, -0.2) is 0 Å². The molecule has 0 bridgehead atoms. The summed E-state index contributed by atoms with van der Waals surface area (Å²) in [7, 11) is -4.16. The molecule has 2 aromatic carbocycles. The Morgan fingerprint density at radius 1 is 1.20 bits per heavy atom. The zero-order valence-corrected chi connectivity index (χ0v) is 12.0. The largest absolute Gasteiger partial charge is 0.367 e. The molecule has 0 spiro atoms. The van der Waals surface area contributed by atoms with E-state index in [1.54, 1.807) is 6.07 Å². The van der Waals surface area contributed by atoms with Crippen LogP contribution in [0.1, 0.15) is 12.5 Å². The van der Waals surface area contributed by atoms with Crippen LogP contribution in [-0.2, 0) is 16.7 Å². The summed E-state index contributed by atoms with van der Waals surface area (Å²) >= 11 is 0. The van der Waals surface area contributed by atoms with Crippen LogP contribution in [0, 0.1) is 6.07 Å². The van der Waals surface area contributed by atoms with E-state index in [9.17, 15) is 8.42 Å². The Labute approximate surface area is 119 Å². The molecule has 0 fully saturated rings. The van der Waals surface area contributed by atoms with Crippen molar-refractivity contribution in [2.24, 2.45) is 0 Å². The maximum absolute atomic E-state index is 11.1. The van der Waals surface area contributed by atoms with Crippen LogP contribution >= 0.6 is 0 Å². The van der Waals surface area contributed by atoms with Gasteiger partial charge in [0.25, 0.3) is 10.1 Å². The molecule has 0 aliphatic carbocycles. The average molecular weight is 290 g/mol. The normalized spacial score (nSPS) is 11.3. The van der Waals surface area contributed by atoms with Gasteiger partial charge in [-0.15, -0.1) is 0 Å². The van der Waals surface area contributed by atoms with E-state index < -0.39 is 10.1 Å². The Kier molecular flexibility index (Phi) is 4.42. The molecule has 20 heavy (non-hydrogen) atoms. The van der Waals surface area contributed by atoms with Gasteiger partial charge < -0.3 is 4.90 Å². The molecule has 0 amide bonds. The molecular weight excluding hydrogens is 274 g/mol. The number of hydrogen-bond donors (Lipinski definition) is 1. The lowest BCUT2D eigenvalue weighted by molar-refractivity contribution is 0.483. The van der Waals surface area contributed by atoms with E-state index in [0.29, 0.717) is 6.54 Å². The molecule has 0 aliphatic rings. The van der Waals surface area contributed by atoms with Crippen molar-refractivity contribution in [3.63, 3.8) is 0 Å². The van der Waals surface area contributed by atoms with E-state index in [4.69, 9.17) is 4.55 Å². The summed E-state index contributed by atoms with van der Waals surface area (Å²) in [6.45, 7) is 3.40. The lowest BCUT2D eigenvalue weighted by Gasteiger charge is -2.23. The average Bonchev–Trinajstić information content (AvgIpc) is 2.45. The molecule has 2 aromatic rings. The van der Waals surface area contributed by atoms with Crippen LogP contribution in [0.2, 0.25) is 0 Å². The number of benzene rings is 2. The fraction of sp³-hybridized carbons (Fsp3) is 0.200. The molecule has 0 unspecified atom stereocenters. The quantitative estimate of drug-likeness (QED) is 0.860. The summed E-state index contributed by atoms with van der Waals surface area (Å²) in [6.07, 6.45) is 0. The minimum atomic E-state index is -4.16. The molecule has 1 N–H and O–H groups in total. The number of anilines is 1. The lowest BCUT2D eigenvalue weighted by Crippen LogP contribution is -2.21. The summed E-state index contributed by atoms with van der Waals surface area (Å²) in [5, 5.41) is 0. The van der Waals surface area contributed by atoms with Crippen LogP contribution in [0.4, 0.5) is 5.69 Å². The topological polar surface area (TPSA) is 57.6 Å². The number of nitrogens with zero attached hydrogens (tertiary/aromatic N) is 1. The predicted octanol–water partition coefficient (Wildman–Crippen LogP) is 2.76. The number of rotatable bonds is 5. The fourth-order valence-electron chi connectivity index (χ4n) is 2.00. The summed E-state index contributed by atoms with van der Waals surface area (Å²) in [5.74, 6) is 0. The minimum absolute atomic E-state index is 0.0764. The summed E-state index contributed by atoms with van der Waals surface area (Å²) in [5.41, 5.74) is 1.87. The molecule has 0 saturated carbocycles. The van der Waals surface area contributed by atoms with E-state index in [-0.39, 0.29) is 4.90 Å². The highest BCUT2D eigenvalue weighted by molar-refractivity contribution is 7.85. The minimum Gasteiger partial charge on any atom is -0.367 e. The molecule has 0 saturated heterocycles. The lowest BCUT2D eigenvalue weighted by atomic mass is 10.2. The van der Waals surface area contributed by atoms with Gasteiger partial charge in [-0.1, -0.05) is 24.3 Å². The number of hydrogen-bond acceptors (Lipinski definition) is 3. The van der Waals surface area contributed by atoms with Gasteiger partial charge in [-0.3, -0.25) is 4.55 Å². The molecule has 0 aliphatic heterocycles. The molecule has 105 valence electrons. The summed E-state index contributed by atoms with van der Waals surface area (Å²) in [6, 6.07) is 16.9. The standard InChI is InChI=1S/C15H16NO3S/c1-2-16(14-8-4-3-5-9-14)12-13-7-6-10-15(11-13)20(17,18)19/h4-11H,2,12H2,1H3,(H,17,18,19). The highest BCUT2D eigenvalue weighted by atomic mass is 32.2. The van der Waals surface area contributed by atoms with Gasteiger partial charge >= 0.3 is 0 Å². The van der Waals surface area contributed by atoms with E-state index in [2.05, 4.69) is 11.0 Å². The van der Waals surface area contributed by atoms with Gasteiger partial charge in [0.1, 0.15) is 0 Å². The van der Waals surface area contributed by atoms with Crippen LogP contribution < -0.4 is 4.90 Å².